The normalized spacial score (nSPS) is 18.6. The van der Waals surface area contributed by atoms with Crippen LogP contribution in [0.1, 0.15) is 47.8 Å². The molecular formula is C22H24FN3OS. The van der Waals surface area contributed by atoms with Crippen molar-refractivity contribution >= 4 is 22.2 Å². The molecule has 4 rings (SSSR count). The first kappa shape index (κ1) is 19.1. The summed E-state index contributed by atoms with van der Waals surface area (Å²) in [6, 6.07) is 9.34. The molecule has 0 aliphatic heterocycles. The molecule has 2 aliphatic carbocycles. The first-order valence-corrected chi connectivity index (χ1v) is 10.7. The van der Waals surface area contributed by atoms with Gasteiger partial charge in [0.05, 0.1) is 12.1 Å². The molecule has 1 heterocycles. The summed E-state index contributed by atoms with van der Waals surface area (Å²) >= 11 is 1.54. The summed E-state index contributed by atoms with van der Waals surface area (Å²) in [6.07, 6.45) is 5.05. The number of nitrogens with one attached hydrogen (secondary N) is 1. The van der Waals surface area contributed by atoms with Crippen molar-refractivity contribution < 1.29 is 9.18 Å². The average Bonchev–Trinajstić information content (AvgIpc) is 3.45. The van der Waals surface area contributed by atoms with E-state index in [1.54, 1.807) is 23.5 Å². The maximum atomic E-state index is 14.0. The Kier molecular flexibility index (Phi) is 5.47. The summed E-state index contributed by atoms with van der Waals surface area (Å²) in [5.74, 6) is 0.249. The molecule has 146 valence electrons. The first-order valence-electron chi connectivity index (χ1n) is 9.87. The quantitative estimate of drug-likeness (QED) is 0.782. The maximum Gasteiger partial charge on any atom is 0.239 e. The van der Waals surface area contributed by atoms with Crippen molar-refractivity contribution in [2.75, 3.05) is 11.9 Å². The molecule has 1 aromatic carbocycles. The highest BCUT2D eigenvalue weighted by Gasteiger charge is 2.31. The van der Waals surface area contributed by atoms with Crippen LogP contribution in [0.25, 0.3) is 0 Å². The topological polar surface area (TPSA) is 56.1 Å². The molecule has 1 saturated carbocycles. The summed E-state index contributed by atoms with van der Waals surface area (Å²) in [7, 11) is 0. The van der Waals surface area contributed by atoms with Gasteiger partial charge in [-0.25, -0.2) is 4.39 Å². The summed E-state index contributed by atoms with van der Waals surface area (Å²) in [6.45, 7) is 2.86. The molecule has 0 bridgehead atoms. The number of anilines is 1. The number of benzene rings is 1. The van der Waals surface area contributed by atoms with Crippen molar-refractivity contribution in [1.29, 1.82) is 5.26 Å². The lowest BCUT2D eigenvalue weighted by Crippen LogP contribution is -2.34. The summed E-state index contributed by atoms with van der Waals surface area (Å²) in [5, 5.41) is 13.2. The SMILES string of the molecule is C[C@H]1CCc2c(sc(NC(=O)CN(Cc3ccccc3F)C3CC3)c2C#N)C1. The highest BCUT2D eigenvalue weighted by Crippen LogP contribution is 2.39. The molecule has 1 aromatic heterocycles. The lowest BCUT2D eigenvalue weighted by Gasteiger charge is -2.21. The zero-order chi connectivity index (χ0) is 19.7. The van der Waals surface area contributed by atoms with Gasteiger partial charge in [0.2, 0.25) is 5.91 Å². The van der Waals surface area contributed by atoms with Gasteiger partial charge in [-0.2, -0.15) is 5.26 Å². The monoisotopic (exact) mass is 397 g/mol. The van der Waals surface area contributed by atoms with Gasteiger partial charge >= 0.3 is 0 Å². The van der Waals surface area contributed by atoms with Crippen LogP contribution in [0.3, 0.4) is 0 Å². The minimum Gasteiger partial charge on any atom is -0.315 e. The van der Waals surface area contributed by atoms with E-state index < -0.39 is 0 Å². The fourth-order valence-electron chi connectivity index (χ4n) is 3.91. The van der Waals surface area contributed by atoms with Crippen molar-refractivity contribution in [3.05, 3.63) is 51.7 Å². The molecular weight excluding hydrogens is 373 g/mol. The smallest absolute Gasteiger partial charge is 0.239 e. The fraction of sp³-hybridized carbons (Fsp3) is 0.455. The van der Waals surface area contributed by atoms with Gasteiger partial charge < -0.3 is 5.32 Å². The second-order valence-electron chi connectivity index (χ2n) is 7.94. The molecule has 0 spiro atoms. The van der Waals surface area contributed by atoms with E-state index in [1.165, 1.54) is 10.9 Å². The molecule has 28 heavy (non-hydrogen) atoms. The number of hydrogen-bond acceptors (Lipinski definition) is 4. The van der Waals surface area contributed by atoms with Gasteiger partial charge in [-0.1, -0.05) is 25.1 Å². The molecule has 1 amide bonds. The van der Waals surface area contributed by atoms with Gasteiger partial charge in [-0.05, 0) is 49.7 Å². The van der Waals surface area contributed by atoms with E-state index in [0.717, 1.165) is 37.7 Å². The number of nitriles is 1. The highest BCUT2D eigenvalue weighted by atomic mass is 32.1. The number of carbonyl (C=O) groups excluding carboxylic acids is 1. The zero-order valence-corrected chi connectivity index (χ0v) is 16.8. The predicted molar refractivity (Wildman–Crippen MR) is 109 cm³/mol. The molecule has 6 heteroatoms. The van der Waals surface area contributed by atoms with Gasteiger partial charge in [-0.15, -0.1) is 11.3 Å². The zero-order valence-electron chi connectivity index (χ0n) is 16.0. The van der Waals surface area contributed by atoms with E-state index in [4.69, 9.17) is 0 Å². The Morgan fingerprint density at radius 2 is 2.14 bits per heavy atom. The van der Waals surface area contributed by atoms with Crippen LogP contribution in [0.5, 0.6) is 0 Å². The van der Waals surface area contributed by atoms with Gasteiger partial charge in [0.1, 0.15) is 16.9 Å². The summed E-state index contributed by atoms with van der Waals surface area (Å²) in [4.78, 5) is 16.0. The Bertz CT molecular complexity index is 928. The number of carbonyl (C=O) groups is 1. The third-order valence-corrected chi connectivity index (χ3v) is 6.79. The fourth-order valence-corrected chi connectivity index (χ4v) is 5.28. The first-order chi connectivity index (χ1) is 13.5. The number of rotatable bonds is 6. The van der Waals surface area contributed by atoms with Crippen LogP contribution in [-0.2, 0) is 24.2 Å². The minimum absolute atomic E-state index is 0.133. The lowest BCUT2D eigenvalue weighted by molar-refractivity contribution is -0.117. The Hall–Kier alpha value is -2.23. The van der Waals surface area contributed by atoms with Gasteiger partial charge in [0.15, 0.2) is 0 Å². The molecule has 2 aromatic rings. The van der Waals surface area contributed by atoms with Gasteiger partial charge in [0.25, 0.3) is 0 Å². The van der Waals surface area contributed by atoms with Crippen LogP contribution in [0, 0.1) is 23.1 Å². The van der Waals surface area contributed by atoms with Crippen molar-refractivity contribution in [2.45, 2.75) is 51.6 Å². The molecule has 4 nitrogen and oxygen atoms in total. The third kappa shape index (κ3) is 4.11. The van der Waals surface area contributed by atoms with E-state index in [2.05, 4.69) is 18.3 Å². The van der Waals surface area contributed by atoms with Crippen LogP contribution in [0.4, 0.5) is 9.39 Å². The second-order valence-corrected chi connectivity index (χ2v) is 9.05. The molecule has 0 saturated heterocycles. The Morgan fingerprint density at radius 1 is 1.36 bits per heavy atom. The van der Waals surface area contributed by atoms with Crippen LogP contribution >= 0.6 is 11.3 Å². The minimum atomic E-state index is -0.236. The molecule has 0 unspecified atom stereocenters. The van der Waals surface area contributed by atoms with Crippen molar-refractivity contribution in [2.24, 2.45) is 5.92 Å². The molecule has 0 radical (unpaired) electrons. The standard InChI is InChI=1S/C22H24FN3OS/c1-14-6-9-17-18(11-24)22(28-20(17)10-14)25-21(27)13-26(16-7-8-16)12-15-4-2-3-5-19(15)23/h2-5,14,16H,6-10,12-13H2,1H3,(H,25,27)/t14-/m0/s1. The van der Waals surface area contributed by atoms with E-state index in [1.807, 2.05) is 11.0 Å². The molecule has 1 atom stereocenters. The summed E-state index contributed by atoms with van der Waals surface area (Å²) < 4.78 is 14.0. The van der Waals surface area contributed by atoms with E-state index in [9.17, 15) is 14.4 Å². The Balaban J connectivity index is 1.46. The number of thiophene rings is 1. The number of nitrogens with zero attached hydrogens (tertiary/aromatic N) is 2. The third-order valence-electron chi connectivity index (χ3n) is 5.62. The van der Waals surface area contributed by atoms with Crippen LogP contribution in [-0.4, -0.2) is 23.4 Å². The van der Waals surface area contributed by atoms with E-state index in [0.29, 0.717) is 34.6 Å². The van der Waals surface area contributed by atoms with Crippen LogP contribution in [0.15, 0.2) is 24.3 Å². The number of hydrogen-bond donors (Lipinski definition) is 1. The molecule has 1 fully saturated rings. The Labute approximate surface area is 169 Å². The van der Waals surface area contributed by atoms with Gasteiger partial charge in [-0.3, -0.25) is 9.69 Å². The largest absolute Gasteiger partial charge is 0.315 e. The van der Waals surface area contributed by atoms with Crippen LogP contribution in [0.2, 0.25) is 0 Å². The lowest BCUT2D eigenvalue weighted by atomic mass is 9.89. The second kappa shape index (κ2) is 8.02. The molecule has 2 aliphatic rings. The average molecular weight is 398 g/mol. The van der Waals surface area contributed by atoms with Crippen molar-refractivity contribution in [3.8, 4) is 6.07 Å². The van der Waals surface area contributed by atoms with E-state index in [-0.39, 0.29) is 18.3 Å². The maximum absolute atomic E-state index is 14.0. The van der Waals surface area contributed by atoms with Gasteiger partial charge in [0, 0.05) is 23.0 Å². The number of fused-ring (bicyclic) bond motifs is 1. The van der Waals surface area contributed by atoms with E-state index >= 15 is 0 Å². The summed E-state index contributed by atoms with van der Waals surface area (Å²) in [5.41, 5.74) is 2.36. The highest BCUT2D eigenvalue weighted by molar-refractivity contribution is 7.16. The Morgan fingerprint density at radius 3 is 2.86 bits per heavy atom. The van der Waals surface area contributed by atoms with Crippen molar-refractivity contribution in [1.82, 2.24) is 4.90 Å². The van der Waals surface area contributed by atoms with Crippen molar-refractivity contribution in [3.63, 3.8) is 0 Å². The van der Waals surface area contributed by atoms with Crippen LogP contribution < -0.4 is 5.32 Å². The predicted octanol–water partition coefficient (Wildman–Crippen LogP) is 4.49. The number of amides is 1. The number of halogens is 1. The molecule has 1 N–H and O–H groups in total.